The van der Waals surface area contributed by atoms with Crippen LogP contribution in [0, 0.1) is 23.2 Å². The van der Waals surface area contributed by atoms with E-state index in [1.165, 1.54) is 11.1 Å². The highest BCUT2D eigenvalue weighted by Gasteiger charge is 2.59. The van der Waals surface area contributed by atoms with Gasteiger partial charge in [0, 0.05) is 26.2 Å². The third-order valence-corrected chi connectivity index (χ3v) is 8.84. The Morgan fingerprint density at radius 3 is 2.69 bits per heavy atom. The highest BCUT2D eigenvalue weighted by Crippen LogP contribution is 2.62. The molecule has 0 radical (unpaired) electrons. The SMILES string of the molecule is CN1CCN(C(=O)C2CC3C4CCc5cc(O)ccc5C4CC[C@]3(C)[C@H]2O)CC1. The number of hydrogen-bond acceptors (Lipinski definition) is 4. The minimum atomic E-state index is -0.526. The van der Waals surface area contributed by atoms with Gasteiger partial charge in [0.1, 0.15) is 5.75 Å². The Hall–Kier alpha value is -1.59. The van der Waals surface area contributed by atoms with Gasteiger partial charge in [-0.2, -0.15) is 0 Å². The van der Waals surface area contributed by atoms with Gasteiger partial charge in [0.25, 0.3) is 0 Å². The normalized spacial score (nSPS) is 39.6. The maximum atomic E-state index is 13.3. The molecule has 5 rings (SSSR count). The predicted molar refractivity (Wildman–Crippen MR) is 112 cm³/mol. The van der Waals surface area contributed by atoms with Crippen LogP contribution >= 0.6 is 0 Å². The van der Waals surface area contributed by atoms with Crippen molar-refractivity contribution < 1.29 is 15.0 Å². The number of hydrogen-bond donors (Lipinski definition) is 2. The van der Waals surface area contributed by atoms with Crippen molar-refractivity contribution in [3.05, 3.63) is 29.3 Å². The molecule has 1 aliphatic heterocycles. The summed E-state index contributed by atoms with van der Waals surface area (Å²) >= 11 is 0. The van der Waals surface area contributed by atoms with Crippen LogP contribution in [0.5, 0.6) is 5.75 Å². The summed E-state index contributed by atoms with van der Waals surface area (Å²) in [5.41, 5.74) is 2.53. The summed E-state index contributed by atoms with van der Waals surface area (Å²) in [4.78, 5) is 17.6. The topological polar surface area (TPSA) is 64.0 Å². The van der Waals surface area contributed by atoms with Crippen LogP contribution in [0.1, 0.15) is 49.7 Å². The number of piperazine rings is 1. The van der Waals surface area contributed by atoms with Crippen LogP contribution in [-0.2, 0) is 11.2 Å². The van der Waals surface area contributed by atoms with Crippen LogP contribution in [0.25, 0.3) is 0 Å². The number of likely N-dealkylation sites (N-methyl/N-ethyl adjacent to an activating group) is 1. The lowest BCUT2D eigenvalue weighted by Crippen LogP contribution is -2.51. The van der Waals surface area contributed by atoms with Gasteiger partial charge in [-0.1, -0.05) is 13.0 Å². The van der Waals surface area contributed by atoms with E-state index in [2.05, 4.69) is 24.9 Å². The molecule has 4 aliphatic rings. The van der Waals surface area contributed by atoms with E-state index in [9.17, 15) is 15.0 Å². The second-order valence-corrected chi connectivity index (χ2v) is 10.3. The van der Waals surface area contributed by atoms with E-state index in [0.717, 1.165) is 58.3 Å². The number of aliphatic hydroxyl groups is 1. The van der Waals surface area contributed by atoms with Gasteiger partial charge in [0.15, 0.2) is 0 Å². The quantitative estimate of drug-likeness (QED) is 0.763. The van der Waals surface area contributed by atoms with Crippen molar-refractivity contribution in [1.82, 2.24) is 9.80 Å². The smallest absolute Gasteiger partial charge is 0.228 e. The highest BCUT2D eigenvalue weighted by atomic mass is 16.3. The van der Waals surface area contributed by atoms with Gasteiger partial charge < -0.3 is 20.0 Å². The molecule has 29 heavy (non-hydrogen) atoms. The zero-order chi connectivity index (χ0) is 20.3. The van der Waals surface area contributed by atoms with Gasteiger partial charge in [-0.15, -0.1) is 0 Å². The van der Waals surface area contributed by atoms with Crippen molar-refractivity contribution in [3.63, 3.8) is 0 Å². The van der Waals surface area contributed by atoms with Crippen LogP contribution < -0.4 is 0 Å². The van der Waals surface area contributed by atoms with Crippen LogP contribution in [0.2, 0.25) is 0 Å². The standard InChI is InChI=1S/C24H34N2O3/c1-24-8-7-18-17-6-4-16(27)13-15(17)3-5-19(18)21(24)14-20(22(24)28)23(29)26-11-9-25(2)10-12-26/h4,6,13,18-22,27-28H,3,5,7-12,14H2,1-2H3/t18?,19?,20?,21?,22-,24-/m0/s1. The van der Waals surface area contributed by atoms with Crippen molar-refractivity contribution in [1.29, 1.82) is 0 Å². The molecule has 2 N–H and O–H groups in total. The molecule has 5 nitrogen and oxygen atoms in total. The molecule has 6 atom stereocenters. The summed E-state index contributed by atoms with van der Waals surface area (Å²) in [7, 11) is 2.10. The lowest BCUT2D eigenvalue weighted by atomic mass is 9.55. The van der Waals surface area contributed by atoms with Crippen molar-refractivity contribution in [2.75, 3.05) is 33.2 Å². The number of aliphatic hydroxyl groups excluding tert-OH is 1. The Labute approximate surface area is 173 Å². The molecule has 3 aliphatic carbocycles. The lowest BCUT2D eigenvalue weighted by Gasteiger charge is -2.50. The Bertz CT molecular complexity index is 803. The van der Waals surface area contributed by atoms with Crippen LogP contribution in [-0.4, -0.2) is 65.3 Å². The van der Waals surface area contributed by atoms with Gasteiger partial charge in [-0.3, -0.25) is 4.79 Å². The van der Waals surface area contributed by atoms with E-state index >= 15 is 0 Å². The lowest BCUT2D eigenvalue weighted by molar-refractivity contribution is -0.141. The van der Waals surface area contributed by atoms with E-state index in [1.807, 2.05) is 17.0 Å². The minimum Gasteiger partial charge on any atom is -0.508 e. The van der Waals surface area contributed by atoms with E-state index in [0.29, 0.717) is 23.5 Å². The number of carbonyl (C=O) groups is 1. The van der Waals surface area contributed by atoms with Crippen LogP contribution in [0.3, 0.4) is 0 Å². The first-order chi connectivity index (χ1) is 13.9. The number of carbonyl (C=O) groups excluding carboxylic acids is 1. The molecule has 2 saturated carbocycles. The number of aromatic hydroxyl groups is 1. The van der Waals surface area contributed by atoms with Gasteiger partial charge in [0.05, 0.1) is 12.0 Å². The Morgan fingerprint density at radius 1 is 1.17 bits per heavy atom. The monoisotopic (exact) mass is 398 g/mol. The Balaban J connectivity index is 1.39. The summed E-state index contributed by atoms with van der Waals surface area (Å²) in [5, 5.41) is 21.2. The molecule has 3 fully saturated rings. The molecule has 0 aromatic heterocycles. The molecule has 5 heteroatoms. The summed E-state index contributed by atoms with van der Waals surface area (Å²) in [6, 6.07) is 5.86. The summed E-state index contributed by atoms with van der Waals surface area (Å²) in [6.45, 7) is 5.64. The van der Waals surface area contributed by atoms with E-state index in [4.69, 9.17) is 0 Å². The van der Waals surface area contributed by atoms with Gasteiger partial charge >= 0.3 is 0 Å². The Morgan fingerprint density at radius 2 is 1.93 bits per heavy atom. The number of phenolic OH excluding ortho intramolecular Hbond substituents is 1. The fourth-order valence-electron chi connectivity index (χ4n) is 7.09. The minimum absolute atomic E-state index is 0.150. The number of nitrogens with zero attached hydrogens (tertiary/aromatic N) is 2. The molecule has 0 bridgehead atoms. The fourth-order valence-corrected chi connectivity index (χ4v) is 7.09. The number of fused-ring (bicyclic) bond motifs is 5. The second-order valence-electron chi connectivity index (χ2n) is 10.3. The molecular weight excluding hydrogens is 364 g/mol. The van der Waals surface area contributed by atoms with Crippen molar-refractivity contribution in [2.45, 2.75) is 51.0 Å². The number of phenols is 1. The Kier molecular flexibility index (Phi) is 4.67. The first-order valence-corrected chi connectivity index (χ1v) is 11.4. The summed E-state index contributed by atoms with van der Waals surface area (Å²) in [6.07, 6.45) is 4.45. The van der Waals surface area contributed by atoms with Crippen LogP contribution in [0.4, 0.5) is 0 Å². The average Bonchev–Trinajstić information content (AvgIpc) is 2.99. The predicted octanol–water partition coefficient (Wildman–Crippen LogP) is 2.61. The largest absolute Gasteiger partial charge is 0.508 e. The third-order valence-electron chi connectivity index (χ3n) is 8.84. The van der Waals surface area contributed by atoms with Gasteiger partial charge in [-0.05, 0) is 85.6 Å². The maximum Gasteiger partial charge on any atom is 0.228 e. The van der Waals surface area contributed by atoms with Crippen molar-refractivity contribution in [2.24, 2.45) is 23.2 Å². The van der Waals surface area contributed by atoms with E-state index in [1.54, 1.807) is 0 Å². The molecule has 1 heterocycles. The fraction of sp³-hybridized carbons (Fsp3) is 0.708. The summed E-state index contributed by atoms with van der Waals surface area (Å²) in [5.74, 6) is 1.73. The van der Waals surface area contributed by atoms with Crippen molar-refractivity contribution >= 4 is 5.91 Å². The molecular formula is C24H34N2O3. The van der Waals surface area contributed by atoms with Gasteiger partial charge in [0.2, 0.25) is 5.91 Å². The molecule has 1 saturated heterocycles. The number of rotatable bonds is 1. The molecule has 4 unspecified atom stereocenters. The molecule has 158 valence electrons. The maximum absolute atomic E-state index is 13.3. The molecule has 0 spiro atoms. The second kappa shape index (κ2) is 6.98. The van der Waals surface area contributed by atoms with Crippen molar-refractivity contribution in [3.8, 4) is 5.75 Å². The molecule has 1 aromatic rings. The summed E-state index contributed by atoms with van der Waals surface area (Å²) < 4.78 is 0. The first kappa shape index (κ1) is 19.4. The van der Waals surface area contributed by atoms with Crippen LogP contribution in [0.15, 0.2) is 18.2 Å². The third kappa shape index (κ3) is 3.00. The zero-order valence-electron chi connectivity index (χ0n) is 17.7. The van der Waals surface area contributed by atoms with E-state index in [-0.39, 0.29) is 17.2 Å². The number of benzene rings is 1. The highest BCUT2D eigenvalue weighted by molar-refractivity contribution is 5.80. The number of aryl methyl sites for hydroxylation is 1. The number of amides is 1. The molecule has 1 aromatic carbocycles. The average molecular weight is 399 g/mol. The molecule has 1 amide bonds. The van der Waals surface area contributed by atoms with E-state index < -0.39 is 6.10 Å². The first-order valence-electron chi connectivity index (χ1n) is 11.4. The van der Waals surface area contributed by atoms with Gasteiger partial charge in [-0.25, -0.2) is 0 Å². The zero-order valence-corrected chi connectivity index (χ0v) is 17.7.